The molecule has 1 aliphatic rings. The third kappa shape index (κ3) is 5.58. The molecule has 3 rings (SSSR count). The first-order valence-electron chi connectivity index (χ1n) is 10.9. The third-order valence-corrected chi connectivity index (χ3v) is 6.86. The van der Waals surface area contributed by atoms with Crippen LogP contribution in [0.1, 0.15) is 59.9 Å². The minimum Gasteiger partial charge on any atom is -0.449 e. The fourth-order valence-corrected chi connectivity index (χ4v) is 4.56. The van der Waals surface area contributed by atoms with Crippen LogP contribution in [-0.2, 0) is 26.1 Å². The number of nitrogens with two attached hydrogens (primary N) is 1. The van der Waals surface area contributed by atoms with Gasteiger partial charge in [-0.25, -0.2) is 18.4 Å². The fraction of sp³-hybridized carbons (Fsp3) is 0.478. The summed E-state index contributed by atoms with van der Waals surface area (Å²) in [6.45, 7) is 7.20. The second-order valence-electron chi connectivity index (χ2n) is 8.35. The van der Waals surface area contributed by atoms with Gasteiger partial charge in [-0.2, -0.15) is 0 Å². The van der Waals surface area contributed by atoms with Gasteiger partial charge in [-0.1, -0.05) is 25.0 Å². The predicted octanol–water partition coefficient (Wildman–Crippen LogP) is 2.75. The Bertz CT molecular complexity index is 1080. The molecule has 1 aromatic carbocycles. The molecule has 9 heteroatoms. The summed E-state index contributed by atoms with van der Waals surface area (Å²) >= 11 is 0. The van der Waals surface area contributed by atoms with Gasteiger partial charge < -0.3 is 14.2 Å². The van der Waals surface area contributed by atoms with Gasteiger partial charge in [-0.3, -0.25) is 4.79 Å². The molecule has 0 saturated carbocycles. The molecule has 0 spiro atoms. The highest BCUT2D eigenvalue weighted by molar-refractivity contribution is 7.89. The predicted molar refractivity (Wildman–Crippen MR) is 121 cm³/mol. The Morgan fingerprint density at radius 2 is 1.66 bits per heavy atom. The Balaban J connectivity index is 1.70. The van der Waals surface area contributed by atoms with Crippen LogP contribution in [0.3, 0.4) is 0 Å². The number of aromatic nitrogens is 1. The van der Waals surface area contributed by atoms with Gasteiger partial charge >= 0.3 is 5.97 Å². The van der Waals surface area contributed by atoms with Gasteiger partial charge in [0.1, 0.15) is 0 Å². The Morgan fingerprint density at radius 3 is 2.22 bits per heavy atom. The highest BCUT2D eigenvalue weighted by Crippen LogP contribution is 2.20. The molecule has 0 radical (unpaired) electrons. The molecular weight excluding hydrogens is 430 g/mol. The van der Waals surface area contributed by atoms with Crippen molar-refractivity contribution < 1.29 is 22.7 Å². The van der Waals surface area contributed by atoms with Crippen molar-refractivity contribution in [3.05, 3.63) is 52.8 Å². The number of esters is 1. The van der Waals surface area contributed by atoms with Crippen molar-refractivity contribution in [2.24, 2.45) is 5.14 Å². The summed E-state index contributed by atoms with van der Waals surface area (Å²) in [5.41, 5.74) is 2.86. The summed E-state index contributed by atoms with van der Waals surface area (Å²) in [4.78, 5) is 27.4. The van der Waals surface area contributed by atoms with E-state index in [0.29, 0.717) is 25.2 Å². The molecule has 1 atom stereocenters. The minimum absolute atomic E-state index is 0.0505. The van der Waals surface area contributed by atoms with Gasteiger partial charge in [-0.05, 0) is 57.4 Å². The van der Waals surface area contributed by atoms with E-state index >= 15 is 0 Å². The van der Waals surface area contributed by atoms with Crippen LogP contribution in [0.15, 0.2) is 35.2 Å². The molecular formula is C23H31N3O5S. The highest BCUT2D eigenvalue weighted by Gasteiger charge is 2.26. The Morgan fingerprint density at radius 1 is 1.06 bits per heavy atom. The van der Waals surface area contributed by atoms with E-state index in [1.165, 1.54) is 12.1 Å². The molecule has 2 N–H and O–H groups in total. The summed E-state index contributed by atoms with van der Waals surface area (Å²) in [6.07, 6.45) is 3.36. The van der Waals surface area contributed by atoms with E-state index in [4.69, 9.17) is 9.88 Å². The lowest BCUT2D eigenvalue weighted by molar-refractivity contribution is -0.139. The number of rotatable bonds is 6. The summed E-state index contributed by atoms with van der Waals surface area (Å²) in [5.74, 6) is -0.673. The number of benzene rings is 1. The number of nitrogens with zero attached hydrogens (tertiary/aromatic N) is 2. The van der Waals surface area contributed by atoms with E-state index in [1.54, 1.807) is 30.0 Å². The molecule has 32 heavy (non-hydrogen) atoms. The van der Waals surface area contributed by atoms with Crippen molar-refractivity contribution in [2.45, 2.75) is 64.0 Å². The van der Waals surface area contributed by atoms with E-state index in [2.05, 4.69) is 0 Å². The summed E-state index contributed by atoms with van der Waals surface area (Å²) < 4.78 is 30.3. The first kappa shape index (κ1) is 24.0. The normalized spacial score (nSPS) is 15.8. The van der Waals surface area contributed by atoms with Crippen LogP contribution in [0.2, 0.25) is 0 Å². The first-order chi connectivity index (χ1) is 15.1. The van der Waals surface area contributed by atoms with Crippen LogP contribution in [0.25, 0.3) is 0 Å². The van der Waals surface area contributed by atoms with Gasteiger partial charge in [0.2, 0.25) is 10.0 Å². The van der Waals surface area contributed by atoms with Crippen molar-refractivity contribution in [1.82, 2.24) is 9.47 Å². The number of primary sulfonamides is 1. The number of aryl methyl sites for hydroxylation is 1. The van der Waals surface area contributed by atoms with Gasteiger partial charge in [0.05, 0.1) is 10.5 Å². The third-order valence-electron chi connectivity index (χ3n) is 5.94. The molecule has 1 fully saturated rings. The maximum atomic E-state index is 12.8. The van der Waals surface area contributed by atoms with Crippen molar-refractivity contribution in [1.29, 1.82) is 0 Å². The lowest BCUT2D eigenvalue weighted by Gasteiger charge is -2.24. The van der Waals surface area contributed by atoms with Crippen molar-refractivity contribution in [2.75, 3.05) is 13.1 Å². The Hall–Kier alpha value is -2.65. The molecule has 0 aliphatic carbocycles. The smallest absolute Gasteiger partial charge is 0.340 e. The zero-order chi connectivity index (χ0) is 23.5. The van der Waals surface area contributed by atoms with Crippen LogP contribution in [0, 0.1) is 13.8 Å². The molecule has 8 nitrogen and oxygen atoms in total. The lowest BCUT2D eigenvalue weighted by atomic mass is 10.2. The number of carbonyl (C=O) groups excluding carboxylic acids is 2. The Labute approximate surface area is 189 Å². The quantitative estimate of drug-likeness (QED) is 0.665. The molecule has 2 heterocycles. The fourth-order valence-electron chi connectivity index (χ4n) is 4.04. The number of sulfonamides is 1. The Kier molecular flexibility index (Phi) is 7.40. The SMILES string of the molecule is Cc1cc(C(=O)O[C@@H](C)C(=O)N2CCCCCC2)c(C)n1Cc1ccc(S(N)(=O)=O)cc1. The van der Waals surface area contributed by atoms with Crippen molar-refractivity contribution >= 4 is 21.9 Å². The molecule has 0 bridgehead atoms. The van der Waals surface area contributed by atoms with E-state index in [0.717, 1.165) is 42.6 Å². The average Bonchev–Trinajstić information content (AvgIpc) is 2.93. The number of carbonyl (C=O) groups is 2. The monoisotopic (exact) mass is 461 g/mol. The van der Waals surface area contributed by atoms with Gasteiger partial charge in [0, 0.05) is 31.0 Å². The largest absolute Gasteiger partial charge is 0.449 e. The van der Waals surface area contributed by atoms with Crippen LogP contribution in [0.5, 0.6) is 0 Å². The van der Waals surface area contributed by atoms with Gasteiger partial charge in [0.15, 0.2) is 6.10 Å². The van der Waals surface area contributed by atoms with Gasteiger partial charge in [-0.15, -0.1) is 0 Å². The maximum absolute atomic E-state index is 12.8. The number of hydrogen-bond donors (Lipinski definition) is 1. The summed E-state index contributed by atoms with van der Waals surface area (Å²) in [5, 5.41) is 5.15. The zero-order valence-electron chi connectivity index (χ0n) is 18.8. The van der Waals surface area contributed by atoms with Crippen molar-refractivity contribution in [3.63, 3.8) is 0 Å². The zero-order valence-corrected chi connectivity index (χ0v) is 19.7. The maximum Gasteiger partial charge on any atom is 0.340 e. The summed E-state index contributed by atoms with van der Waals surface area (Å²) in [7, 11) is -3.74. The molecule has 1 aromatic heterocycles. The molecule has 1 aliphatic heterocycles. The number of amides is 1. The molecule has 2 aromatic rings. The van der Waals surface area contributed by atoms with Crippen LogP contribution in [-0.4, -0.2) is 49.0 Å². The van der Waals surface area contributed by atoms with Crippen LogP contribution < -0.4 is 5.14 Å². The standard InChI is InChI=1S/C23H31N3O5S/c1-16-14-21(23(28)31-18(3)22(27)25-12-6-4-5-7-13-25)17(2)26(16)15-19-8-10-20(11-9-19)32(24,29)30/h8-11,14,18H,4-7,12-13,15H2,1-3H3,(H2,24,29,30)/t18-/m0/s1. The number of ether oxygens (including phenoxy) is 1. The highest BCUT2D eigenvalue weighted by atomic mass is 32.2. The lowest BCUT2D eigenvalue weighted by Crippen LogP contribution is -2.40. The summed E-state index contributed by atoms with van der Waals surface area (Å²) in [6, 6.07) is 8.06. The second kappa shape index (κ2) is 9.87. The number of hydrogen-bond acceptors (Lipinski definition) is 5. The molecule has 1 amide bonds. The molecule has 1 saturated heterocycles. The van der Waals surface area contributed by atoms with Crippen LogP contribution >= 0.6 is 0 Å². The van der Waals surface area contributed by atoms with Crippen LogP contribution in [0.4, 0.5) is 0 Å². The topological polar surface area (TPSA) is 112 Å². The van der Waals surface area contributed by atoms with Crippen molar-refractivity contribution in [3.8, 4) is 0 Å². The minimum atomic E-state index is -3.74. The second-order valence-corrected chi connectivity index (χ2v) is 9.91. The van der Waals surface area contributed by atoms with E-state index < -0.39 is 22.1 Å². The van der Waals surface area contributed by atoms with E-state index in [9.17, 15) is 18.0 Å². The van der Waals surface area contributed by atoms with Gasteiger partial charge in [0.25, 0.3) is 5.91 Å². The first-order valence-corrected chi connectivity index (χ1v) is 12.4. The molecule has 174 valence electrons. The average molecular weight is 462 g/mol. The van der Waals surface area contributed by atoms with E-state index in [-0.39, 0.29) is 10.8 Å². The molecule has 0 unspecified atom stereocenters. The number of likely N-dealkylation sites (tertiary alicyclic amines) is 1. The van der Waals surface area contributed by atoms with E-state index in [1.807, 2.05) is 18.4 Å².